The predicted octanol–water partition coefficient (Wildman–Crippen LogP) is 1.65. The first-order valence-electron chi connectivity index (χ1n) is 8.91. The van der Waals surface area contributed by atoms with Gasteiger partial charge in [-0.2, -0.15) is 0 Å². The van der Waals surface area contributed by atoms with E-state index in [0.29, 0.717) is 0 Å². The van der Waals surface area contributed by atoms with E-state index in [1.54, 1.807) is 0 Å². The van der Waals surface area contributed by atoms with Crippen LogP contribution in [-0.2, 0) is 4.74 Å². The first kappa shape index (κ1) is 17.5. The van der Waals surface area contributed by atoms with Gasteiger partial charge in [-0.15, -0.1) is 0 Å². The van der Waals surface area contributed by atoms with Crippen molar-refractivity contribution in [2.24, 2.45) is 16.8 Å². The molecule has 0 aromatic carbocycles. The normalized spacial score (nSPS) is 23.6. The van der Waals surface area contributed by atoms with Crippen molar-refractivity contribution < 1.29 is 4.74 Å². The summed E-state index contributed by atoms with van der Waals surface area (Å²) in [5.74, 6) is 2.66. The number of ether oxygens (including phenoxy) is 1. The highest BCUT2D eigenvalue weighted by atomic mass is 16.5. The van der Waals surface area contributed by atoms with Gasteiger partial charge in [0.05, 0.1) is 6.61 Å². The van der Waals surface area contributed by atoms with Crippen molar-refractivity contribution in [1.29, 1.82) is 0 Å². The molecule has 2 aliphatic rings. The molecule has 0 spiro atoms. The van der Waals surface area contributed by atoms with E-state index >= 15 is 0 Å². The Morgan fingerprint density at radius 1 is 1.36 bits per heavy atom. The van der Waals surface area contributed by atoms with E-state index in [1.165, 1.54) is 38.8 Å². The van der Waals surface area contributed by atoms with Crippen LogP contribution in [0.25, 0.3) is 0 Å². The highest BCUT2D eigenvalue weighted by Gasteiger charge is 2.21. The zero-order chi connectivity index (χ0) is 15.8. The molecule has 0 amide bonds. The number of aliphatic imine (C=N–C) groups is 1. The summed E-state index contributed by atoms with van der Waals surface area (Å²) in [5, 5.41) is 3.47. The highest BCUT2D eigenvalue weighted by Crippen LogP contribution is 2.28. The van der Waals surface area contributed by atoms with Crippen molar-refractivity contribution in [2.75, 3.05) is 60.0 Å². The zero-order valence-corrected chi connectivity index (χ0v) is 14.7. The fourth-order valence-electron chi connectivity index (χ4n) is 3.04. The molecule has 1 atom stereocenters. The van der Waals surface area contributed by atoms with Crippen molar-refractivity contribution in [1.82, 2.24) is 15.1 Å². The lowest BCUT2D eigenvalue weighted by atomic mass is 10.0. The summed E-state index contributed by atoms with van der Waals surface area (Å²) in [6, 6.07) is 0. The van der Waals surface area contributed by atoms with Gasteiger partial charge in [0, 0.05) is 46.9 Å². The van der Waals surface area contributed by atoms with Crippen LogP contribution in [0.4, 0.5) is 0 Å². The van der Waals surface area contributed by atoms with Gasteiger partial charge in [-0.1, -0.05) is 6.92 Å². The molecule has 1 aliphatic heterocycles. The van der Waals surface area contributed by atoms with Gasteiger partial charge in [-0.25, -0.2) is 0 Å². The van der Waals surface area contributed by atoms with E-state index in [9.17, 15) is 0 Å². The number of nitrogens with zero attached hydrogens (tertiary/aromatic N) is 3. The van der Waals surface area contributed by atoms with Gasteiger partial charge in [0.2, 0.25) is 0 Å². The van der Waals surface area contributed by atoms with Crippen LogP contribution < -0.4 is 5.32 Å². The Balaban J connectivity index is 1.56. The second-order valence-electron chi connectivity index (χ2n) is 6.96. The molecule has 22 heavy (non-hydrogen) atoms. The third-order valence-corrected chi connectivity index (χ3v) is 4.65. The summed E-state index contributed by atoms with van der Waals surface area (Å²) in [6.45, 7) is 9.54. The Kier molecular flexibility index (Phi) is 7.46. The van der Waals surface area contributed by atoms with Crippen LogP contribution in [-0.4, -0.2) is 75.8 Å². The standard InChI is InChI=1S/C17H34N4O/c1-15-5-4-9-21(13-15)10-8-19-17(18-2)20(3)11-12-22-14-16-6-7-16/h15-16H,4-14H2,1-3H3,(H,18,19). The van der Waals surface area contributed by atoms with Crippen molar-refractivity contribution >= 4 is 5.96 Å². The van der Waals surface area contributed by atoms with Gasteiger partial charge in [0.15, 0.2) is 5.96 Å². The number of hydrogen-bond donors (Lipinski definition) is 1. The molecule has 128 valence electrons. The minimum Gasteiger partial charge on any atom is -0.379 e. The van der Waals surface area contributed by atoms with Crippen LogP contribution in [0.1, 0.15) is 32.6 Å². The van der Waals surface area contributed by atoms with E-state index in [2.05, 4.69) is 34.1 Å². The number of hydrogen-bond acceptors (Lipinski definition) is 3. The Morgan fingerprint density at radius 3 is 2.86 bits per heavy atom. The molecule has 1 saturated carbocycles. The minimum atomic E-state index is 0.789. The molecule has 0 aromatic rings. The van der Waals surface area contributed by atoms with E-state index in [1.807, 2.05) is 7.05 Å². The maximum absolute atomic E-state index is 5.70. The molecule has 2 rings (SSSR count). The Morgan fingerprint density at radius 2 is 2.18 bits per heavy atom. The lowest BCUT2D eigenvalue weighted by Gasteiger charge is -2.31. The largest absolute Gasteiger partial charge is 0.379 e. The molecule has 1 saturated heterocycles. The third kappa shape index (κ3) is 6.53. The Bertz CT molecular complexity index is 344. The van der Waals surface area contributed by atoms with Gasteiger partial charge in [0.1, 0.15) is 0 Å². The van der Waals surface area contributed by atoms with Gasteiger partial charge in [-0.05, 0) is 44.1 Å². The summed E-state index contributed by atoms with van der Waals surface area (Å²) in [6.07, 6.45) is 5.44. The van der Waals surface area contributed by atoms with Crippen molar-refractivity contribution in [3.8, 4) is 0 Å². The second kappa shape index (κ2) is 9.36. The fourth-order valence-corrected chi connectivity index (χ4v) is 3.04. The monoisotopic (exact) mass is 310 g/mol. The summed E-state index contributed by atoms with van der Waals surface area (Å²) in [4.78, 5) is 9.09. The molecule has 2 fully saturated rings. The number of nitrogens with one attached hydrogen (secondary N) is 1. The van der Waals surface area contributed by atoms with Crippen LogP contribution in [0, 0.1) is 11.8 Å². The molecule has 1 heterocycles. The molecular weight excluding hydrogens is 276 g/mol. The summed E-state index contributed by atoms with van der Waals surface area (Å²) in [7, 11) is 3.94. The third-order valence-electron chi connectivity index (χ3n) is 4.65. The summed E-state index contributed by atoms with van der Waals surface area (Å²) in [5.41, 5.74) is 0. The van der Waals surface area contributed by atoms with Gasteiger partial charge < -0.3 is 19.9 Å². The molecule has 0 radical (unpaired) electrons. The number of piperidine rings is 1. The first-order valence-corrected chi connectivity index (χ1v) is 8.91. The average molecular weight is 310 g/mol. The second-order valence-corrected chi connectivity index (χ2v) is 6.96. The van der Waals surface area contributed by atoms with Crippen LogP contribution in [0.3, 0.4) is 0 Å². The molecule has 5 heteroatoms. The molecule has 1 aliphatic carbocycles. The lowest BCUT2D eigenvalue weighted by Crippen LogP contribution is -2.45. The zero-order valence-electron chi connectivity index (χ0n) is 14.7. The van der Waals surface area contributed by atoms with Crippen LogP contribution in [0.5, 0.6) is 0 Å². The molecule has 1 N–H and O–H groups in total. The van der Waals surface area contributed by atoms with Crippen LogP contribution >= 0.6 is 0 Å². The lowest BCUT2D eigenvalue weighted by molar-refractivity contribution is 0.115. The molecule has 0 aromatic heterocycles. The quantitative estimate of drug-likeness (QED) is 0.420. The number of likely N-dealkylation sites (tertiary alicyclic amines) is 1. The van der Waals surface area contributed by atoms with Gasteiger partial charge in [0.25, 0.3) is 0 Å². The molecule has 0 bridgehead atoms. The van der Waals surface area contributed by atoms with Crippen molar-refractivity contribution in [3.05, 3.63) is 0 Å². The van der Waals surface area contributed by atoms with Crippen molar-refractivity contribution in [2.45, 2.75) is 32.6 Å². The molecular formula is C17H34N4O. The van der Waals surface area contributed by atoms with E-state index in [-0.39, 0.29) is 0 Å². The predicted molar refractivity (Wildman–Crippen MR) is 92.4 cm³/mol. The smallest absolute Gasteiger partial charge is 0.193 e. The molecule has 1 unspecified atom stereocenters. The highest BCUT2D eigenvalue weighted by molar-refractivity contribution is 5.79. The maximum atomic E-state index is 5.70. The number of likely N-dealkylation sites (N-methyl/N-ethyl adjacent to an activating group) is 1. The molecule has 5 nitrogen and oxygen atoms in total. The van der Waals surface area contributed by atoms with E-state index in [4.69, 9.17) is 4.74 Å². The van der Waals surface area contributed by atoms with Gasteiger partial charge in [-0.3, -0.25) is 4.99 Å². The minimum absolute atomic E-state index is 0.789. The number of guanidine groups is 1. The topological polar surface area (TPSA) is 40.1 Å². The Hall–Kier alpha value is -0.810. The Labute approximate surface area is 136 Å². The van der Waals surface area contributed by atoms with Crippen molar-refractivity contribution in [3.63, 3.8) is 0 Å². The summed E-state index contributed by atoms with van der Waals surface area (Å²) < 4.78 is 5.70. The maximum Gasteiger partial charge on any atom is 0.193 e. The van der Waals surface area contributed by atoms with E-state index < -0.39 is 0 Å². The van der Waals surface area contributed by atoms with Crippen LogP contribution in [0.15, 0.2) is 4.99 Å². The van der Waals surface area contributed by atoms with E-state index in [0.717, 1.165) is 50.6 Å². The van der Waals surface area contributed by atoms with Gasteiger partial charge >= 0.3 is 0 Å². The first-order chi connectivity index (χ1) is 10.7. The fraction of sp³-hybridized carbons (Fsp3) is 0.941. The average Bonchev–Trinajstić information content (AvgIpc) is 3.32. The summed E-state index contributed by atoms with van der Waals surface area (Å²) >= 11 is 0. The van der Waals surface area contributed by atoms with Crippen LogP contribution in [0.2, 0.25) is 0 Å². The SMILES string of the molecule is CN=C(NCCN1CCCC(C)C1)N(C)CCOCC1CC1. The number of rotatable bonds is 8.